The second kappa shape index (κ2) is 10.9. The lowest BCUT2D eigenvalue weighted by Gasteiger charge is -2.31. The summed E-state index contributed by atoms with van der Waals surface area (Å²) in [7, 11) is 0. The second-order valence-corrected chi connectivity index (χ2v) is 8.76. The minimum atomic E-state index is -0.531. The molecule has 0 radical (unpaired) electrons. The first-order valence-corrected chi connectivity index (χ1v) is 11.6. The van der Waals surface area contributed by atoms with Gasteiger partial charge in [0.05, 0.1) is 12.7 Å². The summed E-state index contributed by atoms with van der Waals surface area (Å²) in [6.07, 6.45) is 0.815. The minimum absolute atomic E-state index is 0.134. The molecule has 3 aromatic rings. The van der Waals surface area contributed by atoms with Crippen LogP contribution < -0.4 is 5.32 Å². The molecule has 0 spiro atoms. The fourth-order valence-corrected chi connectivity index (χ4v) is 4.09. The highest BCUT2D eigenvalue weighted by molar-refractivity contribution is 6.30. The van der Waals surface area contributed by atoms with E-state index in [1.54, 1.807) is 12.1 Å². The van der Waals surface area contributed by atoms with Crippen molar-refractivity contribution in [3.63, 3.8) is 0 Å². The molecular formula is C24H29ClN6O2. The fourth-order valence-electron chi connectivity index (χ4n) is 3.96. The van der Waals surface area contributed by atoms with Crippen LogP contribution in [0.25, 0.3) is 11.4 Å². The largest absolute Gasteiger partial charge is 0.376 e. The number of carbonyl (C=O) groups is 1. The number of benzene rings is 2. The van der Waals surface area contributed by atoms with Crippen LogP contribution in [-0.2, 0) is 22.6 Å². The zero-order valence-electron chi connectivity index (χ0n) is 18.9. The van der Waals surface area contributed by atoms with Crippen molar-refractivity contribution in [3.05, 3.63) is 64.7 Å². The maximum atomic E-state index is 12.9. The van der Waals surface area contributed by atoms with Gasteiger partial charge in [0.15, 0.2) is 6.04 Å². The fraction of sp³-hybridized carbons (Fsp3) is 0.417. The van der Waals surface area contributed by atoms with Gasteiger partial charge in [-0.15, -0.1) is 10.2 Å². The lowest BCUT2D eigenvalue weighted by Crippen LogP contribution is -2.40. The number of ether oxygens (including phenoxy) is 1. The number of hydrogen-bond donors (Lipinski definition) is 1. The Morgan fingerprint density at radius 3 is 2.79 bits per heavy atom. The van der Waals surface area contributed by atoms with Gasteiger partial charge in [0.25, 0.3) is 0 Å². The molecule has 9 heteroatoms. The quantitative estimate of drug-likeness (QED) is 0.544. The lowest BCUT2D eigenvalue weighted by atomic mass is 10.1. The molecule has 1 saturated heterocycles. The van der Waals surface area contributed by atoms with Gasteiger partial charge >= 0.3 is 0 Å². The molecule has 33 heavy (non-hydrogen) atoms. The molecule has 1 N–H and O–H groups in total. The third kappa shape index (κ3) is 6.16. The number of halogens is 1. The average molecular weight is 469 g/mol. The molecule has 1 aromatic heterocycles. The molecule has 1 fully saturated rings. The van der Waals surface area contributed by atoms with Crippen LogP contribution in [0.15, 0.2) is 48.5 Å². The van der Waals surface area contributed by atoms with Crippen LogP contribution in [0.1, 0.15) is 37.4 Å². The summed E-state index contributed by atoms with van der Waals surface area (Å²) in [5, 5.41) is 16.3. The third-order valence-corrected chi connectivity index (χ3v) is 5.94. The second-order valence-electron chi connectivity index (χ2n) is 8.32. The van der Waals surface area contributed by atoms with Gasteiger partial charge in [-0.2, -0.15) is 4.80 Å². The molecule has 1 aliphatic heterocycles. The Kier molecular flexibility index (Phi) is 7.69. The Morgan fingerprint density at radius 2 is 2.03 bits per heavy atom. The van der Waals surface area contributed by atoms with Gasteiger partial charge in [-0.1, -0.05) is 42.8 Å². The standard InChI is InChI=1S/C24H29ClN6O2/c1-3-22(31-28-23(27-29-31)20-7-9-21(25)10-8-20)24(32)26-14-18-5-4-6-19(13-18)16-30-11-12-33-17(2)15-30/h4-10,13,17,22H,3,11-12,14-16H2,1-2H3,(H,26,32). The molecular weight excluding hydrogens is 440 g/mol. The first kappa shape index (κ1) is 23.4. The Morgan fingerprint density at radius 1 is 1.24 bits per heavy atom. The zero-order valence-corrected chi connectivity index (χ0v) is 19.7. The molecule has 0 saturated carbocycles. The molecule has 2 unspecified atom stereocenters. The number of nitrogens with zero attached hydrogens (tertiary/aromatic N) is 5. The Balaban J connectivity index is 1.36. The van der Waals surface area contributed by atoms with Crippen LogP contribution in [0.2, 0.25) is 5.02 Å². The van der Waals surface area contributed by atoms with Crippen molar-refractivity contribution in [3.8, 4) is 11.4 Å². The number of rotatable bonds is 8. The van der Waals surface area contributed by atoms with Gasteiger partial charge < -0.3 is 10.1 Å². The van der Waals surface area contributed by atoms with Crippen LogP contribution in [0.5, 0.6) is 0 Å². The summed E-state index contributed by atoms with van der Waals surface area (Å²) in [5.41, 5.74) is 3.09. The highest BCUT2D eigenvalue weighted by atomic mass is 35.5. The average Bonchev–Trinajstić information content (AvgIpc) is 3.29. The van der Waals surface area contributed by atoms with E-state index in [2.05, 4.69) is 44.7 Å². The van der Waals surface area contributed by atoms with E-state index in [1.165, 1.54) is 10.4 Å². The third-order valence-electron chi connectivity index (χ3n) is 5.69. The van der Waals surface area contributed by atoms with Crippen LogP contribution in [0.3, 0.4) is 0 Å². The summed E-state index contributed by atoms with van der Waals surface area (Å²) in [6.45, 7) is 7.99. The number of morpholine rings is 1. The summed E-state index contributed by atoms with van der Waals surface area (Å²) < 4.78 is 5.62. The molecule has 8 nitrogen and oxygen atoms in total. The van der Waals surface area contributed by atoms with Crippen molar-refractivity contribution in [2.45, 2.75) is 45.5 Å². The monoisotopic (exact) mass is 468 g/mol. The summed E-state index contributed by atoms with van der Waals surface area (Å²) in [4.78, 5) is 16.7. The molecule has 4 rings (SSSR count). The molecule has 2 aromatic carbocycles. The SMILES string of the molecule is CCC(C(=O)NCc1cccc(CN2CCOC(C)C2)c1)n1nnc(-c2ccc(Cl)cc2)n1. The van der Waals surface area contributed by atoms with Crippen molar-refractivity contribution in [1.29, 1.82) is 0 Å². The summed E-state index contributed by atoms with van der Waals surface area (Å²) >= 11 is 5.95. The number of carbonyl (C=O) groups excluding carboxylic acids is 1. The molecule has 0 bridgehead atoms. The number of nitrogens with one attached hydrogen (secondary N) is 1. The van der Waals surface area contributed by atoms with Crippen molar-refractivity contribution in [1.82, 2.24) is 30.4 Å². The highest BCUT2D eigenvalue weighted by Crippen LogP contribution is 2.19. The maximum Gasteiger partial charge on any atom is 0.247 e. The van der Waals surface area contributed by atoms with E-state index in [4.69, 9.17) is 16.3 Å². The van der Waals surface area contributed by atoms with E-state index in [0.29, 0.717) is 23.8 Å². The first-order valence-electron chi connectivity index (χ1n) is 11.3. The highest BCUT2D eigenvalue weighted by Gasteiger charge is 2.22. The number of amides is 1. The van der Waals surface area contributed by atoms with Crippen molar-refractivity contribution < 1.29 is 9.53 Å². The zero-order chi connectivity index (χ0) is 23.2. The minimum Gasteiger partial charge on any atom is -0.376 e. The Hall–Kier alpha value is -2.81. The number of aromatic nitrogens is 4. The Labute approximate surface area is 198 Å². The van der Waals surface area contributed by atoms with Crippen molar-refractivity contribution in [2.75, 3.05) is 19.7 Å². The molecule has 174 valence electrons. The van der Waals surface area contributed by atoms with E-state index in [-0.39, 0.29) is 12.0 Å². The van der Waals surface area contributed by atoms with Gasteiger partial charge in [0.2, 0.25) is 11.7 Å². The van der Waals surface area contributed by atoms with Crippen LogP contribution in [-0.4, -0.2) is 56.8 Å². The van der Waals surface area contributed by atoms with Crippen LogP contribution in [0.4, 0.5) is 0 Å². The molecule has 1 amide bonds. The van der Waals surface area contributed by atoms with Crippen LogP contribution in [0, 0.1) is 0 Å². The number of hydrogen-bond acceptors (Lipinski definition) is 6. The van der Waals surface area contributed by atoms with Gasteiger partial charge in [0.1, 0.15) is 0 Å². The van der Waals surface area contributed by atoms with Crippen molar-refractivity contribution >= 4 is 17.5 Å². The van der Waals surface area contributed by atoms with Gasteiger partial charge in [-0.05, 0) is 54.0 Å². The smallest absolute Gasteiger partial charge is 0.247 e. The van der Waals surface area contributed by atoms with E-state index in [9.17, 15) is 4.79 Å². The first-order chi connectivity index (χ1) is 16.0. The molecule has 1 aliphatic rings. The van der Waals surface area contributed by atoms with E-state index in [0.717, 1.165) is 37.4 Å². The summed E-state index contributed by atoms with van der Waals surface area (Å²) in [5.74, 6) is 0.327. The van der Waals surface area contributed by atoms with Gasteiger partial charge in [0, 0.05) is 36.8 Å². The lowest BCUT2D eigenvalue weighted by molar-refractivity contribution is -0.125. The van der Waals surface area contributed by atoms with Gasteiger partial charge in [-0.3, -0.25) is 9.69 Å². The van der Waals surface area contributed by atoms with E-state index < -0.39 is 6.04 Å². The van der Waals surface area contributed by atoms with E-state index >= 15 is 0 Å². The topological polar surface area (TPSA) is 85.2 Å². The van der Waals surface area contributed by atoms with Gasteiger partial charge in [-0.25, -0.2) is 0 Å². The predicted octanol–water partition coefficient (Wildman–Crippen LogP) is 3.48. The van der Waals surface area contributed by atoms with E-state index in [1.807, 2.05) is 31.2 Å². The molecule has 2 atom stereocenters. The van der Waals surface area contributed by atoms with Crippen molar-refractivity contribution in [2.24, 2.45) is 0 Å². The number of tetrazole rings is 1. The Bertz CT molecular complexity index is 1070. The summed E-state index contributed by atoms with van der Waals surface area (Å²) in [6, 6.07) is 15.0. The van der Waals surface area contributed by atoms with Crippen LogP contribution >= 0.6 is 11.6 Å². The molecule has 0 aliphatic carbocycles. The normalized spacial score (nSPS) is 17.6. The molecule has 2 heterocycles. The predicted molar refractivity (Wildman–Crippen MR) is 127 cm³/mol. The maximum absolute atomic E-state index is 12.9.